The summed E-state index contributed by atoms with van der Waals surface area (Å²) in [4.78, 5) is 0. The van der Waals surface area contributed by atoms with Crippen molar-refractivity contribution in [2.24, 2.45) is 0 Å². The van der Waals surface area contributed by atoms with Crippen LogP contribution in [0.3, 0.4) is 0 Å². The van der Waals surface area contributed by atoms with Gasteiger partial charge in [0, 0.05) is 6.07 Å². The van der Waals surface area contributed by atoms with E-state index in [1.54, 1.807) is 12.1 Å². The van der Waals surface area contributed by atoms with E-state index in [0.717, 1.165) is 0 Å². The molecule has 2 aromatic carbocycles. The Morgan fingerprint density at radius 3 is 2.05 bits per heavy atom. The van der Waals surface area contributed by atoms with Gasteiger partial charge in [0.25, 0.3) is 0 Å². The zero-order valence-corrected chi connectivity index (χ0v) is 12.7. The molecule has 0 aliphatic carbocycles. The second-order valence-corrected chi connectivity index (χ2v) is 5.27. The molecular weight excluding hydrogens is 386 g/mol. The fourth-order valence-corrected chi connectivity index (χ4v) is 1.90. The Kier molecular flexibility index (Phi) is 4.76. The zero-order chi connectivity index (χ0) is 13.8. The lowest BCUT2D eigenvalue weighted by Crippen LogP contribution is -2.05. The van der Waals surface area contributed by atoms with Crippen LogP contribution in [0, 0.1) is 11.6 Å². The quantitative estimate of drug-likeness (QED) is 0.687. The minimum atomic E-state index is -0.415. The van der Waals surface area contributed by atoms with Gasteiger partial charge in [0.05, 0.1) is 8.95 Å². The van der Waals surface area contributed by atoms with Crippen LogP contribution in [0.25, 0.3) is 0 Å². The Morgan fingerprint density at radius 2 is 1.42 bits per heavy atom. The van der Waals surface area contributed by atoms with Crippen molar-refractivity contribution in [3.05, 3.63) is 57.0 Å². The highest BCUT2D eigenvalue weighted by Gasteiger charge is 2.03. The van der Waals surface area contributed by atoms with Crippen LogP contribution in [0.2, 0.25) is 0 Å². The summed E-state index contributed by atoms with van der Waals surface area (Å²) in [7, 11) is 0. The lowest BCUT2D eigenvalue weighted by atomic mass is 10.3. The molecule has 2 nitrogen and oxygen atoms in total. The van der Waals surface area contributed by atoms with Crippen molar-refractivity contribution >= 4 is 31.9 Å². The summed E-state index contributed by atoms with van der Waals surface area (Å²) in [5, 5.41) is 0. The Labute approximate surface area is 125 Å². The summed E-state index contributed by atoms with van der Waals surface area (Å²) in [5.74, 6) is 0.0120. The highest BCUT2D eigenvalue weighted by Crippen LogP contribution is 2.23. The third-order valence-corrected chi connectivity index (χ3v) is 3.48. The molecular formula is C13H8Br2F2O2. The van der Waals surface area contributed by atoms with E-state index in [0.29, 0.717) is 20.4 Å². The highest BCUT2D eigenvalue weighted by molar-refractivity contribution is 9.10. The van der Waals surface area contributed by atoms with Crippen LogP contribution >= 0.6 is 31.9 Å². The molecule has 0 aliphatic heterocycles. The lowest BCUT2D eigenvalue weighted by molar-refractivity contribution is 0.119. The van der Waals surface area contributed by atoms with E-state index in [2.05, 4.69) is 31.9 Å². The van der Waals surface area contributed by atoms with E-state index in [9.17, 15) is 8.78 Å². The zero-order valence-electron chi connectivity index (χ0n) is 9.50. The van der Waals surface area contributed by atoms with Crippen LogP contribution < -0.4 is 9.47 Å². The first kappa shape index (κ1) is 14.3. The summed E-state index contributed by atoms with van der Waals surface area (Å²) in [6.07, 6.45) is 0. The summed E-state index contributed by atoms with van der Waals surface area (Å²) < 4.78 is 37.4. The van der Waals surface area contributed by atoms with Gasteiger partial charge >= 0.3 is 0 Å². The molecule has 0 N–H and O–H groups in total. The molecule has 0 heterocycles. The van der Waals surface area contributed by atoms with Crippen molar-refractivity contribution in [3.63, 3.8) is 0 Å². The van der Waals surface area contributed by atoms with Crippen molar-refractivity contribution in [3.8, 4) is 11.5 Å². The topological polar surface area (TPSA) is 18.5 Å². The van der Waals surface area contributed by atoms with Crippen molar-refractivity contribution in [1.29, 1.82) is 0 Å². The smallest absolute Gasteiger partial charge is 0.230 e. The third-order valence-electron chi connectivity index (χ3n) is 2.23. The Morgan fingerprint density at radius 1 is 0.789 bits per heavy atom. The van der Waals surface area contributed by atoms with Crippen LogP contribution in [0.1, 0.15) is 0 Å². The summed E-state index contributed by atoms with van der Waals surface area (Å²) in [6.45, 7) is -0.0981. The van der Waals surface area contributed by atoms with Crippen molar-refractivity contribution in [1.82, 2.24) is 0 Å². The first-order valence-electron chi connectivity index (χ1n) is 5.22. The number of halogens is 4. The minimum absolute atomic E-state index is 0.0981. The van der Waals surface area contributed by atoms with Gasteiger partial charge in [-0.3, -0.25) is 0 Å². The molecule has 0 atom stereocenters. The van der Waals surface area contributed by atoms with Gasteiger partial charge < -0.3 is 9.47 Å². The number of hydrogen-bond donors (Lipinski definition) is 0. The maximum Gasteiger partial charge on any atom is 0.230 e. The Bertz CT molecular complexity index is 539. The molecule has 0 saturated carbocycles. The van der Waals surface area contributed by atoms with Gasteiger partial charge in [-0.15, -0.1) is 0 Å². The molecule has 0 bridgehead atoms. The summed E-state index contributed by atoms with van der Waals surface area (Å²) in [5.41, 5.74) is 0. The lowest BCUT2D eigenvalue weighted by Gasteiger charge is -2.09. The molecule has 6 heteroatoms. The predicted molar refractivity (Wildman–Crippen MR) is 74.3 cm³/mol. The predicted octanol–water partition coefficient (Wildman–Crippen LogP) is 4.91. The molecule has 0 unspecified atom stereocenters. The van der Waals surface area contributed by atoms with E-state index in [-0.39, 0.29) is 12.6 Å². The number of rotatable bonds is 4. The van der Waals surface area contributed by atoms with E-state index in [4.69, 9.17) is 9.47 Å². The van der Waals surface area contributed by atoms with Gasteiger partial charge in [-0.25, -0.2) is 8.78 Å². The SMILES string of the molecule is Fc1cc(OCOc2ccc(F)c(Br)c2)ccc1Br. The van der Waals surface area contributed by atoms with Gasteiger partial charge in [-0.2, -0.15) is 0 Å². The fraction of sp³-hybridized carbons (Fsp3) is 0.0769. The van der Waals surface area contributed by atoms with Gasteiger partial charge in [-0.1, -0.05) is 0 Å². The van der Waals surface area contributed by atoms with E-state index in [1.165, 1.54) is 24.3 Å². The summed E-state index contributed by atoms with van der Waals surface area (Å²) >= 11 is 6.10. The maximum atomic E-state index is 13.2. The second-order valence-electron chi connectivity index (χ2n) is 3.56. The second kappa shape index (κ2) is 6.34. The van der Waals surface area contributed by atoms with Crippen molar-refractivity contribution < 1.29 is 18.3 Å². The summed E-state index contributed by atoms with van der Waals surface area (Å²) in [6, 6.07) is 8.63. The minimum Gasteiger partial charge on any atom is -0.457 e. The van der Waals surface area contributed by atoms with Crippen molar-refractivity contribution in [2.45, 2.75) is 0 Å². The average Bonchev–Trinajstić information content (AvgIpc) is 2.38. The fourth-order valence-electron chi connectivity index (χ4n) is 1.30. The Hall–Kier alpha value is -1.14. The van der Waals surface area contributed by atoms with Crippen LogP contribution in [0.15, 0.2) is 45.3 Å². The van der Waals surface area contributed by atoms with Gasteiger partial charge in [0.2, 0.25) is 6.79 Å². The van der Waals surface area contributed by atoms with Gasteiger partial charge in [0.15, 0.2) is 0 Å². The monoisotopic (exact) mass is 392 g/mol. The van der Waals surface area contributed by atoms with Gasteiger partial charge in [0.1, 0.15) is 23.1 Å². The molecule has 2 aromatic rings. The van der Waals surface area contributed by atoms with Crippen LogP contribution in [0.4, 0.5) is 8.78 Å². The van der Waals surface area contributed by atoms with Crippen molar-refractivity contribution in [2.75, 3.05) is 6.79 Å². The van der Waals surface area contributed by atoms with Crippen LogP contribution in [-0.4, -0.2) is 6.79 Å². The highest BCUT2D eigenvalue weighted by atomic mass is 79.9. The number of ether oxygens (including phenoxy) is 2. The average molecular weight is 394 g/mol. The molecule has 0 radical (unpaired) electrons. The molecule has 0 aliphatic rings. The molecule has 100 valence electrons. The van der Waals surface area contributed by atoms with Crippen LogP contribution in [0.5, 0.6) is 11.5 Å². The number of hydrogen-bond acceptors (Lipinski definition) is 2. The van der Waals surface area contributed by atoms with Gasteiger partial charge in [-0.05, 0) is 62.2 Å². The standard InChI is InChI=1S/C13H8Br2F2O2/c14-10-3-1-9(6-13(10)17)19-7-18-8-2-4-12(16)11(15)5-8/h1-6H,7H2. The Balaban J connectivity index is 1.92. The largest absolute Gasteiger partial charge is 0.457 e. The molecule has 2 rings (SSSR count). The molecule has 19 heavy (non-hydrogen) atoms. The van der Waals surface area contributed by atoms with E-state index < -0.39 is 5.82 Å². The molecule has 0 spiro atoms. The van der Waals surface area contributed by atoms with E-state index in [1.807, 2.05) is 0 Å². The maximum absolute atomic E-state index is 13.2. The molecule has 0 aromatic heterocycles. The van der Waals surface area contributed by atoms with Crippen LogP contribution in [-0.2, 0) is 0 Å². The molecule has 0 fully saturated rings. The third kappa shape index (κ3) is 3.91. The van der Waals surface area contributed by atoms with E-state index >= 15 is 0 Å². The first-order chi connectivity index (χ1) is 9.06. The normalized spacial score (nSPS) is 10.3. The molecule has 0 saturated heterocycles. The first-order valence-corrected chi connectivity index (χ1v) is 6.80. The number of benzene rings is 2. The molecule has 0 amide bonds.